The standard InChI is InChI=1S/C12H14BrN/c1-12(2,3)14-8-7-9-10(13)5-4-6-11(9)14/h4-8H,1-3H3. The van der Waals surface area contributed by atoms with Crippen molar-refractivity contribution >= 4 is 26.8 Å². The molecule has 1 aromatic carbocycles. The van der Waals surface area contributed by atoms with E-state index < -0.39 is 0 Å². The van der Waals surface area contributed by atoms with E-state index in [1.165, 1.54) is 10.9 Å². The van der Waals surface area contributed by atoms with Crippen LogP contribution in [0, 0.1) is 0 Å². The third-order valence-electron chi connectivity index (χ3n) is 2.40. The molecule has 14 heavy (non-hydrogen) atoms. The highest BCUT2D eigenvalue weighted by atomic mass is 79.9. The maximum absolute atomic E-state index is 3.56. The van der Waals surface area contributed by atoms with Gasteiger partial charge in [-0.05, 0) is 39.0 Å². The topological polar surface area (TPSA) is 4.93 Å². The molecule has 0 aliphatic rings. The Hall–Kier alpha value is -0.760. The van der Waals surface area contributed by atoms with Crippen LogP contribution < -0.4 is 0 Å². The number of hydrogen-bond acceptors (Lipinski definition) is 0. The van der Waals surface area contributed by atoms with Gasteiger partial charge in [0.25, 0.3) is 0 Å². The smallest absolute Gasteiger partial charge is 0.0496 e. The Morgan fingerprint density at radius 2 is 1.86 bits per heavy atom. The molecule has 0 saturated heterocycles. The van der Waals surface area contributed by atoms with Crippen LogP contribution in [0.5, 0.6) is 0 Å². The van der Waals surface area contributed by atoms with E-state index in [-0.39, 0.29) is 5.54 Å². The van der Waals surface area contributed by atoms with Crippen LogP contribution in [0.3, 0.4) is 0 Å². The molecule has 0 bridgehead atoms. The summed E-state index contributed by atoms with van der Waals surface area (Å²) in [6.45, 7) is 6.65. The van der Waals surface area contributed by atoms with Gasteiger partial charge in [0, 0.05) is 27.1 Å². The molecule has 0 spiro atoms. The van der Waals surface area contributed by atoms with Crippen LogP contribution in [0.25, 0.3) is 10.9 Å². The normalized spacial score (nSPS) is 12.3. The van der Waals surface area contributed by atoms with Crippen molar-refractivity contribution in [1.29, 1.82) is 0 Å². The first kappa shape index (κ1) is 9.78. The minimum Gasteiger partial charge on any atom is -0.342 e. The van der Waals surface area contributed by atoms with Crippen LogP contribution in [0.4, 0.5) is 0 Å². The lowest BCUT2D eigenvalue weighted by molar-refractivity contribution is 0.411. The van der Waals surface area contributed by atoms with Gasteiger partial charge in [-0.3, -0.25) is 0 Å². The SMILES string of the molecule is CC(C)(C)n1ccc2c(Br)cccc21. The largest absolute Gasteiger partial charge is 0.342 e. The van der Waals surface area contributed by atoms with Crippen molar-refractivity contribution in [2.24, 2.45) is 0 Å². The van der Waals surface area contributed by atoms with E-state index in [4.69, 9.17) is 0 Å². The van der Waals surface area contributed by atoms with Crippen molar-refractivity contribution < 1.29 is 0 Å². The van der Waals surface area contributed by atoms with E-state index in [1.54, 1.807) is 0 Å². The lowest BCUT2D eigenvalue weighted by Crippen LogP contribution is -2.20. The number of rotatable bonds is 0. The van der Waals surface area contributed by atoms with Gasteiger partial charge >= 0.3 is 0 Å². The third kappa shape index (κ3) is 1.48. The Morgan fingerprint density at radius 1 is 1.14 bits per heavy atom. The number of benzene rings is 1. The number of aromatic nitrogens is 1. The van der Waals surface area contributed by atoms with Crippen molar-refractivity contribution in [2.75, 3.05) is 0 Å². The van der Waals surface area contributed by atoms with Gasteiger partial charge in [-0.15, -0.1) is 0 Å². The first-order valence-corrected chi connectivity index (χ1v) is 5.55. The van der Waals surface area contributed by atoms with Gasteiger partial charge in [-0.25, -0.2) is 0 Å². The highest BCUT2D eigenvalue weighted by molar-refractivity contribution is 9.10. The fourth-order valence-corrected chi connectivity index (χ4v) is 2.20. The Labute approximate surface area is 92.9 Å². The summed E-state index contributed by atoms with van der Waals surface area (Å²) in [7, 11) is 0. The highest BCUT2D eigenvalue weighted by Gasteiger charge is 2.15. The maximum Gasteiger partial charge on any atom is 0.0496 e. The van der Waals surface area contributed by atoms with Gasteiger partial charge in [-0.1, -0.05) is 22.0 Å². The second-order valence-corrected chi connectivity index (χ2v) is 5.38. The lowest BCUT2D eigenvalue weighted by Gasteiger charge is -2.22. The van der Waals surface area contributed by atoms with Crippen LogP contribution in [0.1, 0.15) is 20.8 Å². The molecule has 1 heterocycles. The van der Waals surface area contributed by atoms with E-state index >= 15 is 0 Å². The Kier molecular flexibility index (Phi) is 2.18. The molecule has 0 radical (unpaired) electrons. The van der Waals surface area contributed by atoms with Crippen molar-refractivity contribution in [1.82, 2.24) is 4.57 Å². The zero-order chi connectivity index (χ0) is 10.3. The van der Waals surface area contributed by atoms with Crippen LogP contribution in [-0.4, -0.2) is 4.57 Å². The molecule has 2 aromatic rings. The summed E-state index contributed by atoms with van der Waals surface area (Å²) >= 11 is 3.56. The maximum atomic E-state index is 3.56. The molecule has 0 aliphatic carbocycles. The van der Waals surface area contributed by atoms with E-state index in [1.807, 2.05) is 0 Å². The van der Waals surface area contributed by atoms with Crippen molar-refractivity contribution in [3.63, 3.8) is 0 Å². The Morgan fingerprint density at radius 3 is 2.50 bits per heavy atom. The minimum atomic E-state index is 0.141. The zero-order valence-electron chi connectivity index (χ0n) is 8.71. The van der Waals surface area contributed by atoms with Crippen molar-refractivity contribution in [3.05, 3.63) is 34.9 Å². The van der Waals surface area contributed by atoms with Gasteiger partial charge in [0.05, 0.1) is 0 Å². The Balaban J connectivity index is 2.76. The zero-order valence-corrected chi connectivity index (χ0v) is 10.3. The fraction of sp³-hybridized carbons (Fsp3) is 0.333. The average molecular weight is 252 g/mol. The van der Waals surface area contributed by atoms with Crippen molar-refractivity contribution in [3.8, 4) is 0 Å². The predicted molar refractivity (Wildman–Crippen MR) is 64.6 cm³/mol. The molecule has 2 heteroatoms. The average Bonchev–Trinajstić information content (AvgIpc) is 2.47. The fourth-order valence-electron chi connectivity index (χ4n) is 1.72. The second-order valence-electron chi connectivity index (χ2n) is 4.53. The third-order valence-corrected chi connectivity index (χ3v) is 3.09. The van der Waals surface area contributed by atoms with E-state index in [0.29, 0.717) is 0 Å². The molecular formula is C12H14BrN. The molecule has 0 aliphatic heterocycles. The molecule has 0 unspecified atom stereocenters. The number of halogens is 1. The summed E-state index contributed by atoms with van der Waals surface area (Å²) in [6.07, 6.45) is 2.15. The van der Waals surface area contributed by atoms with E-state index in [0.717, 1.165) is 4.47 Å². The van der Waals surface area contributed by atoms with Gasteiger partial charge in [0.1, 0.15) is 0 Å². The summed E-state index contributed by atoms with van der Waals surface area (Å²) in [6, 6.07) is 8.47. The summed E-state index contributed by atoms with van der Waals surface area (Å²) in [5, 5.41) is 1.28. The summed E-state index contributed by atoms with van der Waals surface area (Å²) < 4.78 is 3.46. The molecule has 0 saturated carbocycles. The molecule has 0 fully saturated rings. The molecule has 0 amide bonds. The van der Waals surface area contributed by atoms with Gasteiger partial charge < -0.3 is 4.57 Å². The van der Waals surface area contributed by atoms with Gasteiger partial charge in [-0.2, -0.15) is 0 Å². The molecule has 1 aromatic heterocycles. The number of hydrogen-bond donors (Lipinski definition) is 0. The number of fused-ring (bicyclic) bond motifs is 1. The van der Waals surface area contributed by atoms with E-state index in [2.05, 4.69) is 71.7 Å². The van der Waals surface area contributed by atoms with E-state index in [9.17, 15) is 0 Å². The summed E-state index contributed by atoms with van der Waals surface area (Å²) in [5.41, 5.74) is 1.43. The van der Waals surface area contributed by atoms with Crippen molar-refractivity contribution in [2.45, 2.75) is 26.3 Å². The molecule has 2 rings (SSSR count). The van der Waals surface area contributed by atoms with Gasteiger partial charge in [0.15, 0.2) is 0 Å². The summed E-state index contributed by atoms with van der Waals surface area (Å²) in [4.78, 5) is 0. The molecule has 0 N–H and O–H groups in total. The minimum absolute atomic E-state index is 0.141. The monoisotopic (exact) mass is 251 g/mol. The highest BCUT2D eigenvalue weighted by Crippen LogP contribution is 2.28. The lowest BCUT2D eigenvalue weighted by atomic mass is 10.1. The van der Waals surface area contributed by atoms with Gasteiger partial charge in [0.2, 0.25) is 0 Å². The molecular weight excluding hydrogens is 238 g/mol. The quantitative estimate of drug-likeness (QED) is 0.663. The first-order valence-electron chi connectivity index (χ1n) is 4.76. The summed E-state index contributed by atoms with van der Waals surface area (Å²) in [5.74, 6) is 0. The molecule has 1 nitrogen and oxygen atoms in total. The van der Waals surface area contributed by atoms with Crippen LogP contribution >= 0.6 is 15.9 Å². The molecule has 74 valence electrons. The van der Waals surface area contributed by atoms with Crippen LogP contribution in [0.2, 0.25) is 0 Å². The Bertz CT molecular complexity index is 463. The number of nitrogens with zero attached hydrogens (tertiary/aromatic N) is 1. The van der Waals surface area contributed by atoms with Crippen LogP contribution in [0.15, 0.2) is 34.9 Å². The van der Waals surface area contributed by atoms with Crippen LogP contribution in [-0.2, 0) is 5.54 Å². The first-order chi connectivity index (χ1) is 6.50. The predicted octanol–water partition coefficient (Wildman–Crippen LogP) is 4.16. The second kappa shape index (κ2) is 3.13. The molecule has 0 atom stereocenters.